The van der Waals surface area contributed by atoms with Crippen molar-refractivity contribution in [3.63, 3.8) is 0 Å². The minimum Gasteiger partial charge on any atom is -0.271 e. The summed E-state index contributed by atoms with van der Waals surface area (Å²) in [5.74, 6) is 0. The quantitative estimate of drug-likeness (QED) is 0.860. The summed E-state index contributed by atoms with van der Waals surface area (Å²) in [6, 6.07) is 4.07. The molecule has 10 heteroatoms. The molecule has 0 heterocycles. The van der Waals surface area contributed by atoms with Gasteiger partial charge in [0.15, 0.2) is 0 Å². The van der Waals surface area contributed by atoms with Crippen molar-refractivity contribution in [3.8, 4) is 0 Å². The topological polar surface area (TPSA) is 58.2 Å². The average Bonchev–Trinajstić information content (AvgIpc) is 2.20. The highest BCUT2D eigenvalue weighted by Gasteiger charge is 2.29. The first-order chi connectivity index (χ1) is 8.09. The lowest BCUT2D eigenvalue weighted by molar-refractivity contribution is -0.121. The Kier molecular flexibility index (Phi) is 4.87. The van der Waals surface area contributed by atoms with E-state index in [1.807, 2.05) is 4.72 Å². The lowest BCUT2D eigenvalue weighted by Gasteiger charge is -2.11. The fourth-order valence-corrected chi connectivity index (χ4v) is 2.22. The summed E-state index contributed by atoms with van der Waals surface area (Å²) < 4.78 is 61.9. The highest BCUT2D eigenvalue weighted by Crippen LogP contribution is 2.25. The summed E-state index contributed by atoms with van der Waals surface area (Å²) in [7, 11) is -4.29. The molecule has 0 aliphatic carbocycles. The van der Waals surface area contributed by atoms with Crippen LogP contribution in [0.25, 0.3) is 0 Å². The third-order valence-corrected chi connectivity index (χ3v) is 3.90. The van der Waals surface area contributed by atoms with E-state index in [9.17, 15) is 21.6 Å². The Bertz CT molecular complexity index is 536. The van der Waals surface area contributed by atoms with Crippen LogP contribution in [0, 0.1) is 0 Å². The van der Waals surface area contributed by atoms with Gasteiger partial charge in [0.05, 0.1) is 10.7 Å². The van der Waals surface area contributed by atoms with Crippen molar-refractivity contribution in [1.82, 2.24) is 4.72 Å². The molecule has 0 atom stereocenters. The van der Waals surface area contributed by atoms with Crippen LogP contribution >= 0.6 is 27.5 Å². The molecule has 0 radical (unpaired) electrons. The van der Waals surface area contributed by atoms with E-state index in [0.29, 0.717) is 4.47 Å². The normalized spacial score (nSPS) is 12.5. The van der Waals surface area contributed by atoms with Gasteiger partial charge >= 0.3 is 6.18 Å². The molecule has 2 N–H and O–H groups in total. The molecule has 0 spiro atoms. The van der Waals surface area contributed by atoms with Gasteiger partial charge < -0.3 is 0 Å². The Labute approximate surface area is 115 Å². The number of anilines is 1. The highest BCUT2D eigenvalue weighted by molar-refractivity contribution is 9.10. The predicted octanol–water partition coefficient (Wildman–Crippen LogP) is 2.91. The van der Waals surface area contributed by atoms with E-state index >= 15 is 0 Å². The largest absolute Gasteiger partial charge is 0.402 e. The average molecular weight is 368 g/mol. The Hall–Kier alpha value is -0.510. The van der Waals surface area contributed by atoms with Crippen LogP contribution in [0.1, 0.15) is 0 Å². The minimum atomic E-state index is -4.62. The number of hydrogen-bond acceptors (Lipinski definition) is 2. The van der Waals surface area contributed by atoms with Gasteiger partial charge in [-0.1, -0.05) is 11.6 Å². The van der Waals surface area contributed by atoms with E-state index in [2.05, 4.69) is 15.9 Å². The second-order valence-electron chi connectivity index (χ2n) is 3.17. The van der Waals surface area contributed by atoms with E-state index in [1.165, 1.54) is 22.9 Å². The summed E-state index contributed by atoms with van der Waals surface area (Å²) in [5, 5.41) is 0.228. The molecule has 1 aromatic rings. The SMILES string of the molecule is O=S(=O)(NCC(F)(F)F)Nc1ccc(Br)c(Cl)c1. The van der Waals surface area contributed by atoms with Crippen LogP contribution in [0.4, 0.5) is 18.9 Å². The summed E-state index contributed by atoms with van der Waals surface area (Å²) in [5.41, 5.74) is 0.0536. The van der Waals surface area contributed by atoms with Crippen LogP contribution in [0.2, 0.25) is 5.02 Å². The molecule has 1 rings (SSSR count). The molecule has 1 aromatic carbocycles. The number of rotatable bonds is 4. The summed E-state index contributed by atoms with van der Waals surface area (Å²) in [6.45, 7) is -1.65. The molecule has 102 valence electrons. The van der Waals surface area contributed by atoms with Gasteiger partial charge in [-0.2, -0.15) is 26.3 Å². The number of nitrogens with one attached hydrogen (secondary N) is 2. The van der Waals surface area contributed by atoms with Crippen LogP contribution in [0.5, 0.6) is 0 Å². The number of halogens is 5. The zero-order valence-electron chi connectivity index (χ0n) is 8.55. The highest BCUT2D eigenvalue weighted by atomic mass is 79.9. The third kappa shape index (κ3) is 5.42. The van der Waals surface area contributed by atoms with Gasteiger partial charge in [0, 0.05) is 4.47 Å². The number of hydrogen-bond donors (Lipinski definition) is 2. The Morgan fingerprint density at radius 3 is 2.44 bits per heavy atom. The maximum atomic E-state index is 11.9. The van der Waals surface area contributed by atoms with Gasteiger partial charge in [-0.25, -0.2) is 0 Å². The molecule has 0 amide bonds. The molecule has 0 aromatic heterocycles. The zero-order chi connectivity index (χ0) is 14.0. The summed E-state index contributed by atoms with van der Waals surface area (Å²) in [6.07, 6.45) is -4.62. The molecule has 0 fully saturated rings. The minimum absolute atomic E-state index is 0.0536. The molecular weight excluding hydrogens is 361 g/mol. The van der Waals surface area contributed by atoms with Crippen molar-refractivity contribution in [3.05, 3.63) is 27.7 Å². The van der Waals surface area contributed by atoms with Gasteiger partial charge in [0.1, 0.15) is 6.54 Å². The van der Waals surface area contributed by atoms with E-state index in [1.54, 1.807) is 0 Å². The Balaban J connectivity index is 2.74. The van der Waals surface area contributed by atoms with Crippen molar-refractivity contribution in [1.29, 1.82) is 0 Å². The molecule has 0 saturated heterocycles. The molecule has 0 bridgehead atoms. The first kappa shape index (κ1) is 15.5. The van der Waals surface area contributed by atoms with Gasteiger partial charge in [-0.05, 0) is 34.1 Å². The van der Waals surface area contributed by atoms with Crippen LogP contribution in [-0.4, -0.2) is 21.1 Å². The molecule has 0 aliphatic heterocycles. The third-order valence-electron chi connectivity index (χ3n) is 1.63. The zero-order valence-corrected chi connectivity index (χ0v) is 11.7. The van der Waals surface area contributed by atoms with Crippen molar-refractivity contribution in [2.24, 2.45) is 0 Å². The second kappa shape index (κ2) is 5.64. The van der Waals surface area contributed by atoms with Gasteiger partial charge in [0.25, 0.3) is 10.2 Å². The molecule has 4 nitrogen and oxygen atoms in total. The summed E-state index contributed by atoms with van der Waals surface area (Å²) in [4.78, 5) is 0. The maximum Gasteiger partial charge on any atom is 0.402 e. The second-order valence-corrected chi connectivity index (χ2v) is 5.93. The van der Waals surface area contributed by atoms with Crippen molar-refractivity contribution < 1.29 is 21.6 Å². The monoisotopic (exact) mass is 366 g/mol. The van der Waals surface area contributed by atoms with Crippen molar-refractivity contribution in [2.75, 3.05) is 11.3 Å². The molecular formula is C8H7BrClF3N2O2S. The van der Waals surface area contributed by atoms with E-state index in [4.69, 9.17) is 11.6 Å². The first-order valence-corrected chi connectivity index (χ1v) is 7.04. The molecule has 0 aliphatic rings. The Morgan fingerprint density at radius 2 is 1.94 bits per heavy atom. The van der Waals surface area contributed by atoms with E-state index in [-0.39, 0.29) is 10.7 Å². The van der Waals surface area contributed by atoms with Gasteiger partial charge in [0.2, 0.25) is 0 Å². The molecule has 18 heavy (non-hydrogen) atoms. The fourth-order valence-electron chi connectivity index (χ4n) is 0.928. The van der Waals surface area contributed by atoms with Crippen molar-refractivity contribution in [2.45, 2.75) is 6.18 Å². The summed E-state index contributed by atoms with van der Waals surface area (Å²) >= 11 is 8.80. The van der Waals surface area contributed by atoms with Gasteiger partial charge in [-0.15, -0.1) is 0 Å². The van der Waals surface area contributed by atoms with Crippen molar-refractivity contribution >= 4 is 43.4 Å². The van der Waals surface area contributed by atoms with E-state index in [0.717, 1.165) is 0 Å². The first-order valence-electron chi connectivity index (χ1n) is 4.38. The Morgan fingerprint density at radius 1 is 1.33 bits per heavy atom. The maximum absolute atomic E-state index is 11.9. The number of benzene rings is 1. The standard InChI is InChI=1S/C8H7BrClF3N2O2S/c9-6-2-1-5(3-7(6)10)15-18(16,17)14-4-8(11,12)13/h1-3,14-15H,4H2. The lowest BCUT2D eigenvalue weighted by Crippen LogP contribution is -2.37. The smallest absolute Gasteiger partial charge is 0.271 e. The molecule has 0 saturated carbocycles. The van der Waals surface area contributed by atoms with Crippen LogP contribution < -0.4 is 9.44 Å². The fraction of sp³-hybridized carbons (Fsp3) is 0.250. The van der Waals surface area contributed by atoms with Crippen LogP contribution in [0.3, 0.4) is 0 Å². The predicted molar refractivity (Wildman–Crippen MR) is 65.8 cm³/mol. The van der Waals surface area contributed by atoms with Gasteiger partial charge in [-0.3, -0.25) is 4.72 Å². The van der Waals surface area contributed by atoms with E-state index < -0.39 is 22.9 Å². The van der Waals surface area contributed by atoms with Crippen LogP contribution in [0.15, 0.2) is 22.7 Å². The molecule has 0 unspecified atom stereocenters. The number of alkyl halides is 3. The lowest BCUT2D eigenvalue weighted by atomic mass is 10.3. The van der Waals surface area contributed by atoms with Crippen LogP contribution in [-0.2, 0) is 10.2 Å².